The van der Waals surface area contributed by atoms with Crippen molar-refractivity contribution in [2.45, 2.75) is 4.30 Å². The standard InChI is InChI=1S/CHCl3.4ClH/c2-1(3)4;;;;/h1H;4*1H. The van der Waals surface area contributed by atoms with Gasteiger partial charge in [-0.05, 0) is 0 Å². The van der Waals surface area contributed by atoms with Crippen molar-refractivity contribution in [1.82, 2.24) is 0 Å². The minimum atomic E-state index is -0.750. The SMILES string of the molecule is Cl.Cl.Cl.Cl.ClC(Cl)Cl. The van der Waals surface area contributed by atoms with Crippen LogP contribution in [-0.2, 0) is 0 Å². The van der Waals surface area contributed by atoms with Crippen LogP contribution in [0.3, 0.4) is 0 Å². The van der Waals surface area contributed by atoms with Gasteiger partial charge in [0.15, 0.2) is 4.30 Å². The Kier molecular flexibility index (Phi) is 93.0. The average Bonchev–Trinajstić information content (AvgIpc) is 0.811. The quantitative estimate of drug-likeness (QED) is 0.586. The van der Waals surface area contributed by atoms with Crippen LogP contribution in [0.4, 0.5) is 0 Å². The van der Waals surface area contributed by atoms with Gasteiger partial charge in [-0.25, -0.2) is 0 Å². The van der Waals surface area contributed by atoms with Gasteiger partial charge in [0.05, 0.1) is 0 Å². The molecule has 0 aromatic heterocycles. The number of halogens is 7. The number of alkyl halides is 3. The highest BCUT2D eigenvalue weighted by molar-refractivity contribution is 6.63. The van der Waals surface area contributed by atoms with Crippen LogP contribution in [0.1, 0.15) is 0 Å². The van der Waals surface area contributed by atoms with Crippen molar-refractivity contribution in [3.63, 3.8) is 0 Å². The summed E-state index contributed by atoms with van der Waals surface area (Å²) in [6.07, 6.45) is 0. The van der Waals surface area contributed by atoms with E-state index in [1.54, 1.807) is 0 Å². The van der Waals surface area contributed by atoms with Gasteiger partial charge in [-0.3, -0.25) is 0 Å². The van der Waals surface area contributed by atoms with E-state index in [1.165, 1.54) is 0 Å². The number of rotatable bonds is 0. The van der Waals surface area contributed by atoms with Crippen LogP contribution in [0.5, 0.6) is 0 Å². The smallest absolute Gasteiger partial charge is 0.147 e. The Labute approximate surface area is 88.3 Å². The lowest BCUT2D eigenvalue weighted by Gasteiger charge is -1.69. The summed E-state index contributed by atoms with van der Waals surface area (Å²) in [6.45, 7) is 0. The molecule has 0 spiro atoms. The van der Waals surface area contributed by atoms with E-state index in [2.05, 4.69) is 0 Å². The van der Waals surface area contributed by atoms with Crippen molar-refractivity contribution in [1.29, 1.82) is 0 Å². The normalized spacial score (nSPS) is 4.50. The highest BCUT2D eigenvalue weighted by Crippen LogP contribution is 2.03. The summed E-state index contributed by atoms with van der Waals surface area (Å²) >= 11 is 14.4. The molecule has 0 aliphatic carbocycles. The van der Waals surface area contributed by atoms with Crippen molar-refractivity contribution in [3.8, 4) is 0 Å². The van der Waals surface area contributed by atoms with Gasteiger partial charge in [0.25, 0.3) is 0 Å². The van der Waals surface area contributed by atoms with E-state index in [-0.39, 0.29) is 49.6 Å². The molecule has 0 aliphatic heterocycles. The van der Waals surface area contributed by atoms with Crippen molar-refractivity contribution in [2.24, 2.45) is 0 Å². The van der Waals surface area contributed by atoms with Crippen LogP contribution in [-0.4, -0.2) is 4.30 Å². The molecule has 0 N–H and O–H groups in total. The van der Waals surface area contributed by atoms with E-state index in [1.807, 2.05) is 0 Å². The first kappa shape index (κ1) is 32.3. The topological polar surface area (TPSA) is 0 Å². The van der Waals surface area contributed by atoms with Crippen LogP contribution < -0.4 is 0 Å². The van der Waals surface area contributed by atoms with Gasteiger partial charge < -0.3 is 0 Å². The van der Waals surface area contributed by atoms with E-state index >= 15 is 0 Å². The molecular formula is CH5Cl7. The summed E-state index contributed by atoms with van der Waals surface area (Å²) < 4.78 is -0.750. The molecule has 0 bridgehead atoms. The van der Waals surface area contributed by atoms with Crippen molar-refractivity contribution < 1.29 is 0 Å². The second-order valence-corrected chi connectivity index (χ2v) is 2.23. The first-order valence-corrected chi connectivity index (χ1v) is 1.96. The van der Waals surface area contributed by atoms with Gasteiger partial charge in [-0.1, -0.05) is 34.8 Å². The molecule has 0 aromatic rings. The second kappa shape index (κ2) is 23.0. The maximum atomic E-state index is 4.81. The lowest BCUT2D eigenvalue weighted by molar-refractivity contribution is 1.96. The molecule has 0 aromatic carbocycles. The maximum Gasteiger partial charge on any atom is 0.180 e. The maximum absolute atomic E-state index is 4.81. The van der Waals surface area contributed by atoms with Gasteiger partial charge in [0.1, 0.15) is 0 Å². The molecule has 58 valence electrons. The first-order chi connectivity index (χ1) is 1.73. The molecule has 0 unspecified atom stereocenters. The van der Waals surface area contributed by atoms with Gasteiger partial charge in [-0.2, -0.15) is 0 Å². The van der Waals surface area contributed by atoms with Crippen LogP contribution in [0, 0.1) is 0 Å². The fourth-order valence-corrected chi connectivity index (χ4v) is 0. The summed E-state index contributed by atoms with van der Waals surface area (Å²) in [5, 5.41) is 0. The molecule has 0 aliphatic rings. The molecule has 0 fully saturated rings. The Hall–Kier alpha value is 2.03. The van der Waals surface area contributed by atoms with E-state index in [4.69, 9.17) is 34.8 Å². The molecule has 0 heterocycles. The largest absolute Gasteiger partial charge is 0.180 e. The summed E-state index contributed by atoms with van der Waals surface area (Å²) in [5.74, 6) is 0. The molecule has 0 amide bonds. The Morgan fingerprint density at radius 1 is 0.625 bits per heavy atom. The molecular weight excluding hydrogens is 260 g/mol. The Balaban J connectivity index is -0.00000000750. The van der Waals surface area contributed by atoms with E-state index < -0.39 is 4.30 Å². The molecule has 0 saturated carbocycles. The Bertz CT molecular complexity index is 9.10. The third-order valence-electron chi connectivity index (χ3n) is 0. The lowest BCUT2D eigenvalue weighted by Crippen LogP contribution is -1.55. The van der Waals surface area contributed by atoms with E-state index in [0.717, 1.165) is 0 Å². The lowest BCUT2D eigenvalue weighted by atomic mass is 11.9. The predicted octanol–water partition coefficient (Wildman–Crippen LogP) is 3.67. The Morgan fingerprint density at radius 3 is 0.625 bits per heavy atom. The van der Waals surface area contributed by atoms with Crippen molar-refractivity contribution in [2.75, 3.05) is 0 Å². The fourth-order valence-electron chi connectivity index (χ4n) is 0. The Morgan fingerprint density at radius 2 is 0.625 bits per heavy atom. The summed E-state index contributed by atoms with van der Waals surface area (Å²) in [7, 11) is 0. The van der Waals surface area contributed by atoms with E-state index in [0.29, 0.717) is 0 Å². The van der Waals surface area contributed by atoms with Gasteiger partial charge in [-0.15, -0.1) is 49.6 Å². The minimum Gasteiger partial charge on any atom is -0.147 e. The van der Waals surface area contributed by atoms with E-state index in [9.17, 15) is 0 Å². The molecule has 0 saturated heterocycles. The summed E-state index contributed by atoms with van der Waals surface area (Å²) in [5.41, 5.74) is 0. The average molecular weight is 265 g/mol. The molecule has 0 rings (SSSR count). The van der Waals surface area contributed by atoms with Crippen LogP contribution in [0.15, 0.2) is 0 Å². The third kappa shape index (κ3) is 96.3. The zero-order valence-electron chi connectivity index (χ0n) is 3.34. The first-order valence-electron chi connectivity index (χ1n) is 0.655. The van der Waals surface area contributed by atoms with Crippen LogP contribution >= 0.6 is 84.4 Å². The number of hydrogen-bond donors (Lipinski definition) is 0. The second-order valence-electron chi connectivity index (χ2n) is 0.247. The zero-order chi connectivity index (χ0) is 3.58. The summed E-state index contributed by atoms with van der Waals surface area (Å²) in [4.78, 5) is 0. The zero-order valence-corrected chi connectivity index (χ0v) is 8.88. The number of hydrogen-bond acceptors (Lipinski definition) is 0. The van der Waals surface area contributed by atoms with Gasteiger partial charge >= 0.3 is 0 Å². The fraction of sp³-hybridized carbons (Fsp3) is 1.00. The molecule has 7 heteroatoms. The van der Waals surface area contributed by atoms with Crippen molar-refractivity contribution >= 4 is 84.4 Å². The van der Waals surface area contributed by atoms with Crippen molar-refractivity contribution in [3.05, 3.63) is 0 Å². The van der Waals surface area contributed by atoms with Gasteiger partial charge in [0, 0.05) is 0 Å². The highest BCUT2D eigenvalue weighted by Gasteiger charge is 1.78. The monoisotopic (exact) mass is 262 g/mol. The van der Waals surface area contributed by atoms with Crippen LogP contribution in [0.25, 0.3) is 0 Å². The molecule has 0 nitrogen and oxygen atoms in total. The van der Waals surface area contributed by atoms with Crippen LogP contribution in [0.2, 0.25) is 0 Å². The molecule has 0 radical (unpaired) electrons. The predicted molar refractivity (Wildman–Crippen MR) is 50.3 cm³/mol. The highest BCUT2D eigenvalue weighted by atomic mass is 35.6. The third-order valence-corrected chi connectivity index (χ3v) is 0. The molecule has 8 heavy (non-hydrogen) atoms. The van der Waals surface area contributed by atoms with Gasteiger partial charge in [0.2, 0.25) is 0 Å². The minimum absolute atomic E-state index is 0. The molecule has 0 atom stereocenters. The summed E-state index contributed by atoms with van der Waals surface area (Å²) in [6, 6.07) is 0.